The number of nitrogens with zero attached hydrogens (tertiary/aromatic N) is 1. The molecule has 1 heterocycles. The molecule has 0 bridgehead atoms. The lowest BCUT2D eigenvalue weighted by atomic mass is 10.1. The molecular formula is C14H17NO4. The minimum absolute atomic E-state index is 0.234. The standard InChI is InChI=1S/C14H17NO4/c1-4-19-14(17)13(16)9-8-15(2)10-6-5-7-11(18-3)12(9)10/h5-8,13,16H,4H2,1-3H3. The van der Waals surface area contributed by atoms with Gasteiger partial charge in [0.25, 0.3) is 0 Å². The number of aliphatic hydroxyl groups excluding tert-OH is 1. The van der Waals surface area contributed by atoms with Crippen LogP contribution in [0.1, 0.15) is 18.6 Å². The van der Waals surface area contributed by atoms with Crippen molar-refractivity contribution < 1.29 is 19.4 Å². The van der Waals surface area contributed by atoms with E-state index < -0.39 is 12.1 Å². The van der Waals surface area contributed by atoms with Crippen LogP contribution in [0.2, 0.25) is 0 Å². The average Bonchev–Trinajstić information content (AvgIpc) is 2.76. The van der Waals surface area contributed by atoms with Crippen molar-refractivity contribution in [1.29, 1.82) is 0 Å². The van der Waals surface area contributed by atoms with Crippen LogP contribution in [-0.2, 0) is 16.6 Å². The van der Waals surface area contributed by atoms with E-state index in [0.29, 0.717) is 11.3 Å². The first kappa shape index (κ1) is 13.4. The number of aromatic nitrogens is 1. The quantitative estimate of drug-likeness (QED) is 0.854. The molecular weight excluding hydrogens is 246 g/mol. The fraction of sp³-hybridized carbons (Fsp3) is 0.357. The monoisotopic (exact) mass is 263 g/mol. The summed E-state index contributed by atoms with van der Waals surface area (Å²) in [6, 6.07) is 5.56. The second kappa shape index (κ2) is 5.32. The van der Waals surface area contributed by atoms with Crippen molar-refractivity contribution in [3.05, 3.63) is 30.0 Å². The molecule has 0 aliphatic carbocycles. The molecule has 0 radical (unpaired) electrons. The van der Waals surface area contributed by atoms with E-state index in [4.69, 9.17) is 9.47 Å². The van der Waals surface area contributed by atoms with Crippen LogP contribution in [0.25, 0.3) is 10.9 Å². The number of aliphatic hydroxyl groups is 1. The minimum Gasteiger partial charge on any atom is -0.496 e. The van der Waals surface area contributed by atoms with Crippen LogP contribution in [-0.4, -0.2) is 29.4 Å². The molecule has 1 aromatic carbocycles. The maximum atomic E-state index is 11.7. The lowest BCUT2D eigenvalue weighted by molar-refractivity contribution is -0.153. The van der Waals surface area contributed by atoms with Crippen molar-refractivity contribution >= 4 is 16.9 Å². The molecule has 0 aliphatic rings. The lowest BCUT2D eigenvalue weighted by Gasteiger charge is -2.10. The third-order valence-electron chi connectivity index (χ3n) is 3.03. The van der Waals surface area contributed by atoms with Gasteiger partial charge in [0, 0.05) is 24.2 Å². The molecule has 2 rings (SSSR count). The Bertz CT molecular complexity index is 603. The Hall–Kier alpha value is -2.01. The van der Waals surface area contributed by atoms with Crippen LogP contribution in [0, 0.1) is 0 Å². The molecule has 0 aliphatic heterocycles. The van der Waals surface area contributed by atoms with Crippen LogP contribution in [0.4, 0.5) is 0 Å². The van der Waals surface area contributed by atoms with Crippen LogP contribution in [0.5, 0.6) is 5.75 Å². The van der Waals surface area contributed by atoms with Gasteiger partial charge in [-0.1, -0.05) is 6.07 Å². The smallest absolute Gasteiger partial charge is 0.339 e. The number of ether oxygens (including phenoxy) is 2. The normalized spacial score (nSPS) is 12.4. The van der Waals surface area contributed by atoms with Crippen LogP contribution >= 0.6 is 0 Å². The Balaban J connectivity index is 2.57. The number of methoxy groups -OCH3 is 1. The maximum Gasteiger partial charge on any atom is 0.339 e. The number of aryl methyl sites for hydroxylation is 1. The highest BCUT2D eigenvalue weighted by Crippen LogP contribution is 2.33. The van der Waals surface area contributed by atoms with E-state index in [9.17, 15) is 9.90 Å². The molecule has 0 saturated carbocycles. The number of esters is 1. The van der Waals surface area contributed by atoms with E-state index in [2.05, 4.69) is 0 Å². The highest BCUT2D eigenvalue weighted by atomic mass is 16.5. The van der Waals surface area contributed by atoms with Crippen molar-refractivity contribution in [1.82, 2.24) is 4.57 Å². The number of fused-ring (bicyclic) bond motifs is 1. The van der Waals surface area contributed by atoms with Crippen molar-refractivity contribution in [2.75, 3.05) is 13.7 Å². The molecule has 0 amide bonds. The fourth-order valence-corrected chi connectivity index (χ4v) is 2.17. The summed E-state index contributed by atoms with van der Waals surface area (Å²) in [7, 11) is 3.41. The molecule has 5 heteroatoms. The lowest BCUT2D eigenvalue weighted by Crippen LogP contribution is -2.15. The fourth-order valence-electron chi connectivity index (χ4n) is 2.17. The molecule has 1 aromatic heterocycles. The summed E-state index contributed by atoms with van der Waals surface area (Å²) in [6.07, 6.45) is 0.411. The van der Waals surface area contributed by atoms with Crippen LogP contribution in [0.15, 0.2) is 24.4 Å². The first-order valence-corrected chi connectivity index (χ1v) is 6.06. The van der Waals surface area contributed by atoms with Gasteiger partial charge in [-0.25, -0.2) is 4.79 Å². The summed E-state index contributed by atoms with van der Waals surface area (Å²) >= 11 is 0. The predicted octanol–water partition coefficient (Wildman–Crippen LogP) is 1.78. The summed E-state index contributed by atoms with van der Waals surface area (Å²) in [6.45, 7) is 1.94. The van der Waals surface area contributed by atoms with Crippen LogP contribution in [0.3, 0.4) is 0 Å². The van der Waals surface area contributed by atoms with E-state index in [0.717, 1.165) is 10.9 Å². The zero-order chi connectivity index (χ0) is 14.0. The first-order chi connectivity index (χ1) is 9.10. The summed E-state index contributed by atoms with van der Waals surface area (Å²) in [5.41, 5.74) is 1.38. The average molecular weight is 263 g/mol. The first-order valence-electron chi connectivity index (χ1n) is 6.06. The van der Waals surface area contributed by atoms with E-state index in [1.54, 1.807) is 26.3 Å². The molecule has 1 N–H and O–H groups in total. The largest absolute Gasteiger partial charge is 0.496 e. The molecule has 102 valence electrons. The zero-order valence-corrected chi connectivity index (χ0v) is 11.2. The summed E-state index contributed by atoms with van der Waals surface area (Å²) in [5, 5.41) is 10.8. The van der Waals surface area contributed by atoms with E-state index in [1.807, 2.05) is 23.7 Å². The van der Waals surface area contributed by atoms with E-state index in [-0.39, 0.29) is 6.61 Å². The highest BCUT2D eigenvalue weighted by molar-refractivity contribution is 5.93. The molecule has 5 nitrogen and oxygen atoms in total. The van der Waals surface area contributed by atoms with Gasteiger partial charge in [-0.2, -0.15) is 0 Å². The summed E-state index contributed by atoms with van der Waals surface area (Å²) in [5.74, 6) is -0.0302. The SMILES string of the molecule is CCOC(=O)C(O)c1cn(C)c2cccc(OC)c12. The van der Waals surface area contributed by atoms with Crippen molar-refractivity contribution in [3.63, 3.8) is 0 Å². The van der Waals surface area contributed by atoms with Gasteiger partial charge in [0.1, 0.15) is 5.75 Å². The summed E-state index contributed by atoms with van der Waals surface area (Å²) < 4.78 is 12.0. The van der Waals surface area contributed by atoms with Crippen LogP contribution < -0.4 is 4.74 Å². The summed E-state index contributed by atoms with van der Waals surface area (Å²) in [4.78, 5) is 11.7. The van der Waals surface area contributed by atoms with Gasteiger partial charge in [0.2, 0.25) is 0 Å². The van der Waals surface area contributed by atoms with Gasteiger partial charge < -0.3 is 19.1 Å². The predicted molar refractivity (Wildman–Crippen MR) is 71.1 cm³/mol. The van der Waals surface area contributed by atoms with E-state index in [1.165, 1.54) is 0 Å². The molecule has 19 heavy (non-hydrogen) atoms. The van der Waals surface area contributed by atoms with Crippen molar-refractivity contribution in [3.8, 4) is 5.75 Å². The number of carbonyl (C=O) groups excluding carboxylic acids is 1. The second-order valence-corrected chi connectivity index (χ2v) is 4.20. The van der Waals surface area contributed by atoms with Gasteiger partial charge in [-0.05, 0) is 19.1 Å². The maximum absolute atomic E-state index is 11.7. The number of benzene rings is 1. The number of hydrogen-bond donors (Lipinski definition) is 1. The topological polar surface area (TPSA) is 60.7 Å². The molecule has 0 spiro atoms. The van der Waals surface area contributed by atoms with Gasteiger partial charge in [0.05, 0.1) is 19.2 Å². The number of carbonyl (C=O) groups is 1. The molecule has 0 fully saturated rings. The van der Waals surface area contributed by atoms with Gasteiger partial charge in [-0.3, -0.25) is 0 Å². The van der Waals surface area contributed by atoms with E-state index >= 15 is 0 Å². The van der Waals surface area contributed by atoms with Crippen molar-refractivity contribution in [2.45, 2.75) is 13.0 Å². The van der Waals surface area contributed by atoms with Gasteiger partial charge in [-0.15, -0.1) is 0 Å². The minimum atomic E-state index is -1.31. The number of hydrogen-bond acceptors (Lipinski definition) is 4. The second-order valence-electron chi connectivity index (χ2n) is 4.20. The van der Waals surface area contributed by atoms with Gasteiger partial charge in [0.15, 0.2) is 6.10 Å². The van der Waals surface area contributed by atoms with Crippen molar-refractivity contribution in [2.24, 2.45) is 7.05 Å². The number of rotatable bonds is 4. The third kappa shape index (κ3) is 2.29. The zero-order valence-electron chi connectivity index (χ0n) is 11.2. The Kier molecular flexibility index (Phi) is 3.76. The third-order valence-corrected chi connectivity index (χ3v) is 3.03. The Morgan fingerprint density at radius 3 is 2.84 bits per heavy atom. The molecule has 2 aromatic rings. The Labute approximate surface area is 111 Å². The molecule has 0 saturated heterocycles. The Morgan fingerprint density at radius 1 is 1.47 bits per heavy atom. The molecule has 1 unspecified atom stereocenters. The Morgan fingerprint density at radius 2 is 2.21 bits per heavy atom. The molecule has 1 atom stereocenters. The van der Waals surface area contributed by atoms with Gasteiger partial charge >= 0.3 is 5.97 Å². The highest BCUT2D eigenvalue weighted by Gasteiger charge is 2.24.